The number of nitrogens with zero attached hydrogens (tertiary/aromatic N) is 2. The fourth-order valence-electron chi connectivity index (χ4n) is 2.59. The van der Waals surface area contributed by atoms with Crippen molar-refractivity contribution >= 4 is 21.7 Å². The van der Waals surface area contributed by atoms with Gasteiger partial charge < -0.3 is 9.47 Å². The van der Waals surface area contributed by atoms with Crippen molar-refractivity contribution in [2.24, 2.45) is 0 Å². The number of carbonyl (C=O) groups excluding carboxylic acids is 1. The molecule has 1 aliphatic heterocycles. The number of hydrogen-bond donors (Lipinski definition) is 0. The van der Waals surface area contributed by atoms with E-state index in [-0.39, 0.29) is 22.8 Å². The summed E-state index contributed by atoms with van der Waals surface area (Å²) in [6, 6.07) is 14.3. The Morgan fingerprint density at radius 3 is 2.64 bits per heavy atom. The molecule has 0 aliphatic carbocycles. The van der Waals surface area contributed by atoms with E-state index in [1.807, 2.05) is 6.07 Å². The van der Waals surface area contributed by atoms with E-state index < -0.39 is 22.1 Å². The molecule has 1 heterocycles. The van der Waals surface area contributed by atoms with Crippen LogP contribution in [0.25, 0.3) is 0 Å². The first-order valence-corrected chi connectivity index (χ1v) is 8.78. The molecule has 25 heavy (non-hydrogen) atoms. The molecular formula is C17H14N2O5S. The van der Waals surface area contributed by atoms with Crippen molar-refractivity contribution in [1.29, 1.82) is 5.26 Å². The van der Waals surface area contributed by atoms with Gasteiger partial charge >= 0.3 is 5.97 Å². The molecule has 7 nitrogen and oxygen atoms in total. The van der Waals surface area contributed by atoms with Crippen molar-refractivity contribution in [1.82, 2.24) is 0 Å². The van der Waals surface area contributed by atoms with Crippen LogP contribution < -0.4 is 9.04 Å². The SMILES string of the molecule is COC(=O)[C@@H]1CN(S(=O)(=O)c2ccccc2C#N)c2ccccc2O1. The molecule has 0 aromatic heterocycles. The highest BCUT2D eigenvalue weighted by molar-refractivity contribution is 7.93. The molecule has 0 N–H and O–H groups in total. The van der Waals surface area contributed by atoms with Gasteiger partial charge in [-0.2, -0.15) is 5.26 Å². The zero-order chi connectivity index (χ0) is 18.0. The minimum Gasteiger partial charge on any atom is -0.475 e. The fraction of sp³-hybridized carbons (Fsp3) is 0.176. The second kappa shape index (κ2) is 6.45. The van der Waals surface area contributed by atoms with E-state index in [4.69, 9.17) is 4.74 Å². The summed E-state index contributed by atoms with van der Waals surface area (Å²) in [6.07, 6.45) is -1.09. The Kier molecular flexibility index (Phi) is 4.33. The first-order chi connectivity index (χ1) is 12.0. The summed E-state index contributed by atoms with van der Waals surface area (Å²) in [5, 5.41) is 9.22. The van der Waals surface area contributed by atoms with E-state index in [0.29, 0.717) is 5.69 Å². The molecule has 1 aliphatic rings. The van der Waals surface area contributed by atoms with E-state index in [1.54, 1.807) is 30.3 Å². The molecule has 8 heteroatoms. The van der Waals surface area contributed by atoms with Crippen LogP contribution in [0, 0.1) is 11.3 Å². The lowest BCUT2D eigenvalue weighted by molar-refractivity contribution is -0.148. The van der Waals surface area contributed by atoms with Crippen molar-refractivity contribution in [3.8, 4) is 11.8 Å². The van der Waals surface area contributed by atoms with Crippen LogP contribution in [0.3, 0.4) is 0 Å². The maximum atomic E-state index is 13.2. The molecule has 0 saturated carbocycles. The Balaban J connectivity index is 2.14. The molecule has 0 unspecified atom stereocenters. The highest BCUT2D eigenvalue weighted by Gasteiger charge is 2.38. The third-order valence-electron chi connectivity index (χ3n) is 3.77. The Morgan fingerprint density at radius 1 is 1.24 bits per heavy atom. The van der Waals surface area contributed by atoms with Gasteiger partial charge in [-0.25, -0.2) is 13.2 Å². The Hall–Kier alpha value is -3.05. The molecule has 1 atom stereocenters. The zero-order valence-corrected chi connectivity index (χ0v) is 14.1. The third-order valence-corrected chi connectivity index (χ3v) is 5.61. The predicted octanol–water partition coefficient (Wildman–Crippen LogP) is 1.69. The highest BCUT2D eigenvalue weighted by atomic mass is 32.2. The summed E-state index contributed by atoms with van der Waals surface area (Å²) in [5.41, 5.74) is 0.330. The van der Waals surface area contributed by atoms with Crippen LogP contribution in [-0.4, -0.2) is 34.1 Å². The number of anilines is 1. The van der Waals surface area contributed by atoms with Gasteiger partial charge in [0, 0.05) is 0 Å². The number of fused-ring (bicyclic) bond motifs is 1. The standard InChI is InChI=1S/C17H14N2O5S/c1-23-17(20)15-11-19(13-7-3-4-8-14(13)24-15)25(21,22)16-9-5-2-6-12(16)10-18/h2-9,15H,11H2,1H3/t15-/m0/s1. The van der Waals surface area contributed by atoms with Crippen molar-refractivity contribution in [3.05, 3.63) is 54.1 Å². The average Bonchev–Trinajstić information content (AvgIpc) is 2.66. The van der Waals surface area contributed by atoms with E-state index >= 15 is 0 Å². The Bertz CT molecular complexity index is 965. The lowest BCUT2D eigenvalue weighted by atomic mass is 10.2. The lowest BCUT2D eigenvalue weighted by Gasteiger charge is -2.34. The van der Waals surface area contributed by atoms with Crippen LogP contribution in [0.1, 0.15) is 5.56 Å². The van der Waals surface area contributed by atoms with Gasteiger partial charge in [0.1, 0.15) is 16.7 Å². The number of carbonyl (C=O) groups is 1. The van der Waals surface area contributed by atoms with Gasteiger partial charge in [-0.05, 0) is 24.3 Å². The van der Waals surface area contributed by atoms with Crippen molar-refractivity contribution in [2.45, 2.75) is 11.0 Å². The predicted molar refractivity (Wildman–Crippen MR) is 88.6 cm³/mol. The topological polar surface area (TPSA) is 96.7 Å². The minimum atomic E-state index is -4.07. The molecule has 0 bridgehead atoms. The van der Waals surface area contributed by atoms with Gasteiger partial charge in [-0.1, -0.05) is 24.3 Å². The average molecular weight is 358 g/mol. The number of rotatable bonds is 3. The summed E-state index contributed by atoms with van der Waals surface area (Å²) in [4.78, 5) is 11.8. The van der Waals surface area contributed by atoms with Crippen LogP contribution in [0.5, 0.6) is 5.75 Å². The van der Waals surface area contributed by atoms with E-state index in [2.05, 4.69) is 4.74 Å². The lowest BCUT2D eigenvalue weighted by Crippen LogP contribution is -2.47. The second-order valence-electron chi connectivity index (χ2n) is 5.24. The van der Waals surface area contributed by atoms with Gasteiger partial charge in [0.15, 0.2) is 0 Å². The summed E-state index contributed by atoms with van der Waals surface area (Å²) >= 11 is 0. The molecule has 0 fully saturated rings. The third kappa shape index (κ3) is 2.90. The van der Waals surface area contributed by atoms with Gasteiger partial charge in [0.2, 0.25) is 6.10 Å². The second-order valence-corrected chi connectivity index (χ2v) is 7.07. The summed E-state index contributed by atoms with van der Waals surface area (Å²) in [7, 11) is -2.87. The fourth-order valence-corrected chi connectivity index (χ4v) is 4.21. The van der Waals surface area contributed by atoms with Crippen LogP contribution in [0.2, 0.25) is 0 Å². The van der Waals surface area contributed by atoms with Crippen molar-refractivity contribution < 1.29 is 22.7 Å². The number of para-hydroxylation sites is 2. The molecule has 2 aromatic rings. The molecule has 3 rings (SSSR count). The molecular weight excluding hydrogens is 344 g/mol. The number of ether oxygens (including phenoxy) is 2. The Labute approximate surface area is 145 Å². The number of hydrogen-bond acceptors (Lipinski definition) is 6. The van der Waals surface area contributed by atoms with Gasteiger partial charge in [0.25, 0.3) is 10.0 Å². The quantitative estimate of drug-likeness (QED) is 0.775. The monoisotopic (exact) mass is 358 g/mol. The van der Waals surface area contributed by atoms with E-state index in [1.165, 1.54) is 25.3 Å². The van der Waals surface area contributed by atoms with Crippen LogP contribution in [-0.2, 0) is 19.6 Å². The van der Waals surface area contributed by atoms with E-state index in [0.717, 1.165) is 4.31 Å². The summed E-state index contributed by atoms with van der Waals surface area (Å²) in [6.45, 7) is -0.244. The van der Waals surface area contributed by atoms with Gasteiger partial charge in [-0.15, -0.1) is 0 Å². The highest BCUT2D eigenvalue weighted by Crippen LogP contribution is 2.37. The summed E-state index contributed by atoms with van der Waals surface area (Å²) < 4.78 is 37.6. The zero-order valence-electron chi connectivity index (χ0n) is 13.2. The molecule has 128 valence electrons. The molecule has 2 aromatic carbocycles. The van der Waals surface area contributed by atoms with E-state index in [9.17, 15) is 18.5 Å². The largest absolute Gasteiger partial charge is 0.475 e. The first kappa shape index (κ1) is 16.8. The summed E-state index contributed by atoms with van der Waals surface area (Å²) in [5.74, 6) is -0.426. The number of methoxy groups -OCH3 is 1. The van der Waals surface area contributed by atoms with Crippen molar-refractivity contribution in [3.63, 3.8) is 0 Å². The Morgan fingerprint density at radius 2 is 1.92 bits per heavy atom. The van der Waals surface area contributed by atoms with Crippen molar-refractivity contribution in [2.75, 3.05) is 18.0 Å². The molecule has 0 amide bonds. The molecule has 0 spiro atoms. The maximum absolute atomic E-state index is 13.2. The van der Waals surface area contributed by atoms with Crippen LogP contribution >= 0.6 is 0 Å². The van der Waals surface area contributed by atoms with Crippen LogP contribution in [0.15, 0.2) is 53.4 Å². The molecule has 0 saturated heterocycles. The number of esters is 1. The smallest absolute Gasteiger partial charge is 0.348 e. The van der Waals surface area contributed by atoms with Gasteiger partial charge in [-0.3, -0.25) is 4.31 Å². The number of sulfonamides is 1. The molecule has 0 radical (unpaired) electrons. The van der Waals surface area contributed by atoms with Crippen LogP contribution in [0.4, 0.5) is 5.69 Å². The van der Waals surface area contributed by atoms with Gasteiger partial charge in [0.05, 0.1) is 24.9 Å². The number of benzene rings is 2. The number of nitriles is 1. The first-order valence-electron chi connectivity index (χ1n) is 7.34. The minimum absolute atomic E-state index is 0.0288. The maximum Gasteiger partial charge on any atom is 0.348 e. The normalized spacial score (nSPS) is 16.3.